The molecule has 0 aromatic heterocycles. The summed E-state index contributed by atoms with van der Waals surface area (Å²) in [5, 5.41) is 10.2. The van der Waals surface area contributed by atoms with Crippen molar-refractivity contribution in [1.82, 2.24) is 0 Å². The van der Waals surface area contributed by atoms with Gasteiger partial charge in [0, 0.05) is 13.1 Å². The van der Waals surface area contributed by atoms with Crippen molar-refractivity contribution >= 4 is 17.3 Å². The van der Waals surface area contributed by atoms with Gasteiger partial charge in [-0.3, -0.25) is 0 Å². The van der Waals surface area contributed by atoms with Gasteiger partial charge in [0.15, 0.2) is 0 Å². The van der Waals surface area contributed by atoms with Crippen LogP contribution >= 0.6 is 11.6 Å². The fourth-order valence-electron chi connectivity index (χ4n) is 1.58. The molecule has 0 radical (unpaired) electrons. The van der Waals surface area contributed by atoms with Crippen molar-refractivity contribution in [2.45, 2.75) is 39.3 Å². The topological polar surface area (TPSA) is 23.5 Å². The van der Waals surface area contributed by atoms with Crippen LogP contribution in [0.2, 0.25) is 5.02 Å². The maximum atomic E-state index is 9.46. The highest BCUT2D eigenvalue weighted by molar-refractivity contribution is 6.33. The lowest BCUT2D eigenvalue weighted by molar-refractivity contribution is 0.199. The SMILES string of the molecule is CCC(C)N(C)c1ccc(C(C)O)cc1Cl. The van der Waals surface area contributed by atoms with E-state index in [9.17, 15) is 5.11 Å². The van der Waals surface area contributed by atoms with Crippen LogP contribution in [0.3, 0.4) is 0 Å². The highest BCUT2D eigenvalue weighted by Crippen LogP contribution is 2.29. The predicted molar refractivity (Wildman–Crippen MR) is 70.2 cm³/mol. The molecule has 2 atom stereocenters. The van der Waals surface area contributed by atoms with Gasteiger partial charge in [-0.25, -0.2) is 0 Å². The molecule has 0 saturated heterocycles. The minimum atomic E-state index is -0.472. The lowest BCUT2D eigenvalue weighted by atomic mass is 10.1. The Bertz CT molecular complexity index is 352. The van der Waals surface area contributed by atoms with Gasteiger partial charge in [-0.05, 0) is 38.0 Å². The van der Waals surface area contributed by atoms with Crippen LogP contribution in [0.15, 0.2) is 18.2 Å². The number of hydrogen-bond acceptors (Lipinski definition) is 2. The van der Waals surface area contributed by atoms with E-state index in [0.29, 0.717) is 11.1 Å². The smallest absolute Gasteiger partial charge is 0.0762 e. The highest BCUT2D eigenvalue weighted by atomic mass is 35.5. The summed E-state index contributed by atoms with van der Waals surface area (Å²) in [7, 11) is 2.04. The first-order valence-corrected chi connectivity index (χ1v) is 6.05. The lowest BCUT2D eigenvalue weighted by Crippen LogP contribution is -2.28. The van der Waals surface area contributed by atoms with E-state index in [1.807, 2.05) is 25.2 Å². The number of halogens is 1. The van der Waals surface area contributed by atoms with Crippen LogP contribution in [0, 0.1) is 0 Å². The van der Waals surface area contributed by atoms with Crippen molar-refractivity contribution in [3.8, 4) is 0 Å². The second-order valence-electron chi connectivity index (χ2n) is 4.25. The molecule has 0 heterocycles. The average Bonchev–Trinajstić information content (AvgIpc) is 2.26. The van der Waals surface area contributed by atoms with Crippen molar-refractivity contribution in [2.24, 2.45) is 0 Å². The third-order valence-corrected chi connectivity index (χ3v) is 3.39. The van der Waals surface area contributed by atoms with Crippen molar-refractivity contribution in [3.05, 3.63) is 28.8 Å². The van der Waals surface area contributed by atoms with Crippen molar-refractivity contribution in [3.63, 3.8) is 0 Å². The summed E-state index contributed by atoms with van der Waals surface area (Å²) in [5.74, 6) is 0. The Morgan fingerprint density at radius 3 is 2.44 bits per heavy atom. The number of aliphatic hydroxyl groups excluding tert-OH is 1. The second kappa shape index (κ2) is 5.55. The standard InChI is InChI=1S/C13H20ClNO/c1-5-9(2)15(4)13-7-6-11(10(3)16)8-12(13)14/h6-10,16H,5H2,1-4H3. The molecule has 0 amide bonds. The van der Waals surface area contributed by atoms with Crippen LogP contribution < -0.4 is 4.90 Å². The van der Waals surface area contributed by atoms with Crippen LogP contribution in [0.1, 0.15) is 38.9 Å². The van der Waals surface area contributed by atoms with E-state index in [-0.39, 0.29) is 0 Å². The average molecular weight is 242 g/mol. The fourth-order valence-corrected chi connectivity index (χ4v) is 1.90. The maximum absolute atomic E-state index is 9.46. The molecular formula is C13H20ClNO. The van der Waals surface area contributed by atoms with Gasteiger partial charge in [-0.2, -0.15) is 0 Å². The highest BCUT2D eigenvalue weighted by Gasteiger charge is 2.12. The summed E-state index contributed by atoms with van der Waals surface area (Å²) in [4.78, 5) is 2.16. The van der Waals surface area contributed by atoms with Crippen molar-refractivity contribution in [1.29, 1.82) is 0 Å². The Balaban J connectivity index is 2.99. The van der Waals surface area contributed by atoms with Gasteiger partial charge >= 0.3 is 0 Å². The molecule has 16 heavy (non-hydrogen) atoms. The van der Waals surface area contributed by atoms with Gasteiger partial charge in [0.2, 0.25) is 0 Å². The molecule has 0 saturated carbocycles. The maximum Gasteiger partial charge on any atom is 0.0762 e. The van der Waals surface area contributed by atoms with Gasteiger partial charge in [-0.15, -0.1) is 0 Å². The van der Waals surface area contributed by atoms with Gasteiger partial charge < -0.3 is 10.0 Å². The Hall–Kier alpha value is -0.730. The molecule has 0 spiro atoms. The molecule has 1 rings (SSSR count). The lowest BCUT2D eigenvalue weighted by Gasteiger charge is -2.27. The molecule has 0 aliphatic heterocycles. The van der Waals surface area contributed by atoms with Crippen molar-refractivity contribution in [2.75, 3.05) is 11.9 Å². The second-order valence-corrected chi connectivity index (χ2v) is 4.66. The molecule has 1 aromatic carbocycles. The normalized spacial score (nSPS) is 14.6. The summed E-state index contributed by atoms with van der Waals surface area (Å²) in [6.07, 6.45) is 0.603. The molecule has 1 N–H and O–H groups in total. The van der Waals surface area contributed by atoms with Crippen LogP contribution in [0.5, 0.6) is 0 Å². The summed E-state index contributed by atoms with van der Waals surface area (Å²) in [5.41, 5.74) is 1.87. The zero-order chi connectivity index (χ0) is 12.3. The zero-order valence-corrected chi connectivity index (χ0v) is 11.1. The van der Waals surface area contributed by atoms with Crippen molar-refractivity contribution < 1.29 is 5.11 Å². The van der Waals surface area contributed by atoms with E-state index < -0.39 is 6.10 Å². The Labute approximate surface area is 103 Å². The molecule has 0 fully saturated rings. The van der Waals surface area contributed by atoms with Crippen LogP contribution in [-0.2, 0) is 0 Å². The number of rotatable bonds is 4. The molecule has 2 unspecified atom stereocenters. The summed E-state index contributed by atoms with van der Waals surface area (Å²) >= 11 is 6.22. The van der Waals surface area contributed by atoms with E-state index in [4.69, 9.17) is 11.6 Å². The molecule has 0 bridgehead atoms. The molecular weight excluding hydrogens is 222 g/mol. The molecule has 1 aromatic rings. The van der Waals surface area contributed by atoms with Crippen LogP contribution in [-0.4, -0.2) is 18.2 Å². The van der Waals surface area contributed by atoms with Gasteiger partial charge in [-0.1, -0.05) is 24.6 Å². The minimum absolute atomic E-state index is 0.454. The number of aliphatic hydroxyl groups is 1. The molecule has 0 aliphatic rings. The molecule has 90 valence electrons. The van der Waals surface area contributed by atoms with E-state index in [1.54, 1.807) is 6.92 Å². The summed E-state index contributed by atoms with van der Waals surface area (Å²) in [6.45, 7) is 6.06. The number of hydrogen-bond donors (Lipinski definition) is 1. The summed E-state index contributed by atoms with van der Waals surface area (Å²) in [6, 6.07) is 6.18. The number of benzene rings is 1. The fraction of sp³-hybridized carbons (Fsp3) is 0.538. The Kier molecular flexibility index (Phi) is 4.63. The number of anilines is 1. The van der Waals surface area contributed by atoms with Crippen LogP contribution in [0.25, 0.3) is 0 Å². The van der Waals surface area contributed by atoms with Gasteiger partial charge in [0.1, 0.15) is 0 Å². The molecule has 0 aliphatic carbocycles. The van der Waals surface area contributed by atoms with E-state index in [1.165, 1.54) is 0 Å². The van der Waals surface area contributed by atoms with Crippen LogP contribution in [0.4, 0.5) is 5.69 Å². The minimum Gasteiger partial charge on any atom is -0.389 e. The molecule has 3 heteroatoms. The first-order chi connectivity index (χ1) is 7.47. The third kappa shape index (κ3) is 2.89. The predicted octanol–water partition coefficient (Wildman–Crippen LogP) is 3.63. The Morgan fingerprint density at radius 2 is 2.00 bits per heavy atom. The van der Waals surface area contributed by atoms with E-state index >= 15 is 0 Å². The molecule has 2 nitrogen and oxygen atoms in total. The number of nitrogens with zero attached hydrogens (tertiary/aromatic N) is 1. The van der Waals surface area contributed by atoms with E-state index in [2.05, 4.69) is 18.7 Å². The first kappa shape index (κ1) is 13.3. The van der Waals surface area contributed by atoms with Gasteiger partial charge in [0.25, 0.3) is 0 Å². The summed E-state index contributed by atoms with van der Waals surface area (Å²) < 4.78 is 0. The third-order valence-electron chi connectivity index (χ3n) is 3.09. The van der Waals surface area contributed by atoms with E-state index in [0.717, 1.165) is 17.7 Å². The quantitative estimate of drug-likeness (QED) is 0.870. The first-order valence-electron chi connectivity index (χ1n) is 5.67. The zero-order valence-electron chi connectivity index (χ0n) is 10.4. The monoisotopic (exact) mass is 241 g/mol. The van der Waals surface area contributed by atoms with Gasteiger partial charge in [0.05, 0.1) is 16.8 Å². The Morgan fingerprint density at radius 1 is 1.38 bits per heavy atom. The largest absolute Gasteiger partial charge is 0.389 e.